The molecule has 0 nitrogen and oxygen atoms in total. The van der Waals surface area contributed by atoms with E-state index in [0.29, 0.717) is 11.8 Å². The molecule has 0 aliphatic heterocycles. The highest BCUT2D eigenvalue weighted by Gasteiger charge is 2.27. The van der Waals surface area contributed by atoms with Gasteiger partial charge in [-0.1, -0.05) is 37.1 Å². The molecule has 0 heterocycles. The minimum Gasteiger partial charge on any atom is -0.0741 e. The highest BCUT2D eigenvalue weighted by Crippen LogP contribution is 2.43. The van der Waals surface area contributed by atoms with E-state index in [-0.39, 0.29) is 0 Å². The van der Waals surface area contributed by atoms with E-state index in [1.54, 1.807) is 11.1 Å². The van der Waals surface area contributed by atoms with Crippen molar-refractivity contribution in [1.29, 1.82) is 0 Å². The van der Waals surface area contributed by atoms with Crippen LogP contribution in [0.15, 0.2) is 45.6 Å². The van der Waals surface area contributed by atoms with Gasteiger partial charge in [0.2, 0.25) is 0 Å². The van der Waals surface area contributed by atoms with Crippen LogP contribution in [0, 0.1) is 11.8 Å². The normalized spacial score (nSPS) is 30.1. The summed E-state index contributed by atoms with van der Waals surface area (Å²) in [6, 6.07) is 0. The summed E-state index contributed by atoms with van der Waals surface area (Å²) in [7, 11) is 0. The van der Waals surface area contributed by atoms with E-state index in [9.17, 15) is 0 Å². The molecule has 2 rings (SSSR count). The van der Waals surface area contributed by atoms with Gasteiger partial charge in [0.05, 0.1) is 0 Å². The summed E-state index contributed by atoms with van der Waals surface area (Å²) >= 11 is 0. The van der Waals surface area contributed by atoms with Gasteiger partial charge >= 0.3 is 0 Å². The monoisotopic (exact) mass is 214 g/mol. The Morgan fingerprint density at radius 3 is 1.75 bits per heavy atom. The van der Waals surface area contributed by atoms with E-state index in [2.05, 4.69) is 53.7 Å². The van der Waals surface area contributed by atoms with Gasteiger partial charge in [0, 0.05) is 5.92 Å². The van der Waals surface area contributed by atoms with Gasteiger partial charge in [-0.05, 0) is 55.9 Å². The average Bonchev–Trinajstić information content (AvgIpc) is 2.57. The van der Waals surface area contributed by atoms with Crippen LogP contribution >= 0.6 is 0 Å². The van der Waals surface area contributed by atoms with Crippen LogP contribution in [0.4, 0.5) is 0 Å². The van der Waals surface area contributed by atoms with Crippen molar-refractivity contribution in [2.45, 2.75) is 41.5 Å². The molecule has 0 spiro atoms. The molecule has 0 aromatic rings. The summed E-state index contributed by atoms with van der Waals surface area (Å²) < 4.78 is 0. The van der Waals surface area contributed by atoms with Crippen molar-refractivity contribution in [2.24, 2.45) is 11.8 Å². The van der Waals surface area contributed by atoms with Gasteiger partial charge in [-0.3, -0.25) is 0 Å². The minimum absolute atomic E-state index is 0.582. The van der Waals surface area contributed by atoms with Crippen LogP contribution in [0.1, 0.15) is 41.5 Å². The second-order valence-electron chi connectivity index (χ2n) is 5.37. The van der Waals surface area contributed by atoms with Crippen molar-refractivity contribution >= 4 is 0 Å². The van der Waals surface area contributed by atoms with Gasteiger partial charge in [0.1, 0.15) is 0 Å². The summed E-state index contributed by atoms with van der Waals surface area (Å²) in [6.07, 6.45) is 4.78. The molecule has 0 saturated carbocycles. The first-order valence-electron chi connectivity index (χ1n) is 6.23. The zero-order chi connectivity index (χ0) is 12.0. The lowest BCUT2D eigenvalue weighted by Crippen LogP contribution is -2.00. The number of allylic oxidation sites excluding steroid dienone is 8. The lowest BCUT2D eigenvalue weighted by atomic mass is 9.89. The Bertz CT molecular complexity index is 452. The highest BCUT2D eigenvalue weighted by atomic mass is 14.3. The molecule has 0 aromatic heterocycles. The zero-order valence-electron chi connectivity index (χ0n) is 11.3. The second kappa shape index (κ2) is 3.76. The van der Waals surface area contributed by atoms with Crippen molar-refractivity contribution in [2.75, 3.05) is 0 Å². The molecule has 0 saturated heterocycles. The number of rotatable bonds is 1. The van der Waals surface area contributed by atoms with Gasteiger partial charge in [-0.15, -0.1) is 0 Å². The molecule has 2 aliphatic carbocycles. The van der Waals surface area contributed by atoms with Gasteiger partial charge in [-0.2, -0.15) is 0 Å². The molecule has 0 N–H and O–H groups in total. The van der Waals surface area contributed by atoms with E-state index < -0.39 is 0 Å². The van der Waals surface area contributed by atoms with Crippen LogP contribution in [0.25, 0.3) is 0 Å². The summed E-state index contributed by atoms with van der Waals surface area (Å²) in [5, 5.41) is 0. The SMILES string of the molecule is CC1=CC(C)C(C2=C(C)C(C)C=C2C)=C1C. The Morgan fingerprint density at radius 1 is 0.812 bits per heavy atom. The van der Waals surface area contributed by atoms with E-state index in [0.717, 1.165) is 0 Å². The highest BCUT2D eigenvalue weighted by molar-refractivity contribution is 5.61. The van der Waals surface area contributed by atoms with Gasteiger partial charge in [-0.25, -0.2) is 0 Å². The molecule has 0 amide bonds. The van der Waals surface area contributed by atoms with Crippen LogP contribution in [-0.2, 0) is 0 Å². The molecule has 16 heavy (non-hydrogen) atoms. The van der Waals surface area contributed by atoms with Crippen molar-refractivity contribution in [3.8, 4) is 0 Å². The minimum atomic E-state index is 0.582. The van der Waals surface area contributed by atoms with Crippen molar-refractivity contribution in [1.82, 2.24) is 0 Å². The van der Waals surface area contributed by atoms with E-state index >= 15 is 0 Å². The van der Waals surface area contributed by atoms with Crippen LogP contribution in [0.2, 0.25) is 0 Å². The maximum atomic E-state index is 2.39. The third-order valence-electron chi connectivity index (χ3n) is 4.19. The molecule has 0 fully saturated rings. The van der Waals surface area contributed by atoms with Crippen LogP contribution in [0.5, 0.6) is 0 Å². The molecule has 2 unspecified atom stereocenters. The molecule has 86 valence electrons. The Morgan fingerprint density at radius 2 is 1.38 bits per heavy atom. The Hall–Kier alpha value is -1.04. The molecule has 2 aliphatic rings. The fraction of sp³-hybridized carbons (Fsp3) is 0.500. The first-order chi connectivity index (χ1) is 7.43. The molecule has 0 heteroatoms. The molecular formula is C16H22. The van der Waals surface area contributed by atoms with E-state index in [1.165, 1.54) is 22.3 Å². The lowest BCUT2D eigenvalue weighted by Gasteiger charge is -2.16. The summed E-state index contributed by atoms with van der Waals surface area (Å²) in [4.78, 5) is 0. The largest absolute Gasteiger partial charge is 0.0741 e. The topological polar surface area (TPSA) is 0 Å². The maximum Gasteiger partial charge on any atom is 0.000412 e. The molecule has 0 aromatic carbocycles. The van der Waals surface area contributed by atoms with Gasteiger partial charge in [0.25, 0.3) is 0 Å². The van der Waals surface area contributed by atoms with Crippen molar-refractivity contribution < 1.29 is 0 Å². The van der Waals surface area contributed by atoms with Crippen LogP contribution < -0.4 is 0 Å². The summed E-state index contributed by atoms with van der Waals surface area (Å²) in [5.74, 6) is 1.20. The second-order valence-corrected chi connectivity index (χ2v) is 5.37. The molecule has 0 radical (unpaired) electrons. The fourth-order valence-corrected chi connectivity index (χ4v) is 3.10. The Kier molecular flexibility index (Phi) is 2.69. The average molecular weight is 214 g/mol. The van der Waals surface area contributed by atoms with Crippen molar-refractivity contribution in [3.05, 3.63) is 45.6 Å². The predicted octanol–water partition coefficient (Wildman–Crippen LogP) is 4.81. The summed E-state index contributed by atoms with van der Waals surface area (Å²) in [6.45, 7) is 13.6. The Labute approximate surface area is 99.4 Å². The van der Waals surface area contributed by atoms with Crippen molar-refractivity contribution in [3.63, 3.8) is 0 Å². The van der Waals surface area contributed by atoms with Gasteiger partial charge < -0.3 is 0 Å². The standard InChI is InChI=1S/C16H22/c1-9-7-11(3)15(13(9)5)16-12(4)8-10(2)14(16)6/h7-9,12H,1-6H3. The smallest absolute Gasteiger partial charge is 0.000412 e. The third kappa shape index (κ3) is 1.52. The Balaban J connectivity index is 2.53. The number of hydrogen-bond acceptors (Lipinski definition) is 0. The summed E-state index contributed by atoms with van der Waals surface area (Å²) in [5.41, 5.74) is 9.05. The van der Waals surface area contributed by atoms with Crippen LogP contribution in [-0.4, -0.2) is 0 Å². The first kappa shape index (κ1) is 11.4. The third-order valence-corrected chi connectivity index (χ3v) is 4.19. The predicted molar refractivity (Wildman–Crippen MR) is 71.2 cm³/mol. The first-order valence-corrected chi connectivity index (χ1v) is 6.23. The zero-order valence-corrected chi connectivity index (χ0v) is 11.3. The fourth-order valence-electron chi connectivity index (χ4n) is 3.10. The number of hydrogen-bond donors (Lipinski definition) is 0. The molecular weight excluding hydrogens is 192 g/mol. The lowest BCUT2D eigenvalue weighted by molar-refractivity contribution is 0.853. The maximum absolute atomic E-state index is 2.39. The quantitative estimate of drug-likeness (QED) is 0.587. The van der Waals surface area contributed by atoms with Gasteiger partial charge in [0.15, 0.2) is 0 Å². The van der Waals surface area contributed by atoms with E-state index in [4.69, 9.17) is 0 Å². The molecule has 0 bridgehead atoms. The molecule has 2 atom stereocenters. The van der Waals surface area contributed by atoms with E-state index in [1.807, 2.05) is 0 Å². The van der Waals surface area contributed by atoms with Crippen LogP contribution in [0.3, 0.4) is 0 Å².